The van der Waals surface area contributed by atoms with Gasteiger partial charge >= 0.3 is 11.9 Å². The van der Waals surface area contributed by atoms with Crippen molar-refractivity contribution >= 4 is 11.9 Å². The number of carbonyl (C=O) groups is 1. The molecule has 1 aromatic rings. The Morgan fingerprint density at radius 2 is 2.46 bits per heavy atom. The van der Waals surface area contributed by atoms with Crippen LogP contribution in [0.4, 0.5) is 5.88 Å². The van der Waals surface area contributed by atoms with Crippen LogP contribution in [0.3, 0.4) is 0 Å². The van der Waals surface area contributed by atoms with Crippen LogP contribution in [0.15, 0.2) is 16.7 Å². The van der Waals surface area contributed by atoms with E-state index in [0.29, 0.717) is 0 Å². The molecule has 0 bridgehead atoms. The highest BCUT2D eigenvalue weighted by molar-refractivity contribution is 5.92. The van der Waals surface area contributed by atoms with Gasteiger partial charge in [-0.2, -0.15) is 0 Å². The molecule has 1 rings (SSSR count). The first-order valence-corrected chi connectivity index (χ1v) is 3.55. The van der Waals surface area contributed by atoms with Crippen LogP contribution in [-0.2, 0) is 4.74 Å². The van der Waals surface area contributed by atoms with Crippen LogP contribution >= 0.6 is 0 Å². The summed E-state index contributed by atoms with van der Waals surface area (Å²) in [6.07, 6.45) is 1.07. The number of hydrogen-bond acceptors (Lipinski definition) is 5. The van der Waals surface area contributed by atoms with Crippen molar-refractivity contribution in [3.8, 4) is 0 Å². The van der Waals surface area contributed by atoms with Gasteiger partial charge in [-0.3, -0.25) is 10.1 Å². The molecule has 13 heavy (non-hydrogen) atoms. The van der Waals surface area contributed by atoms with Gasteiger partial charge in [-0.15, -0.1) is 0 Å². The molecular weight excluding hydrogens is 178 g/mol. The molecule has 70 valence electrons. The van der Waals surface area contributed by atoms with E-state index >= 15 is 0 Å². The fourth-order valence-electron chi connectivity index (χ4n) is 0.807. The zero-order chi connectivity index (χ0) is 9.84. The molecule has 0 radical (unpaired) electrons. The van der Waals surface area contributed by atoms with Gasteiger partial charge in [0.25, 0.3) is 0 Å². The van der Waals surface area contributed by atoms with Crippen molar-refractivity contribution < 1.29 is 18.9 Å². The van der Waals surface area contributed by atoms with Crippen molar-refractivity contribution in [2.24, 2.45) is 0 Å². The number of esters is 1. The van der Waals surface area contributed by atoms with Crippen molar-refractivity contribution in [2.45, 2.75) is 6.92 Å². The molecule has 0 fully saturated rings. The van der Waals surface area contributed by atoms with Crippen molar-refractivity contribution in [3.05, 3.63) is 28.0 Å². The predicted molar refractivity (Wildman–Crippen MR) is 41.3 cm³/mol. The summed E-state index contributed by atoms with van der Waals surface area (Å²) in [7, 11) is 0. The highest BCUT2D eigenvalue weighted by Crippen LogP contribution is 2.19. The summed E-state index contributed by atoms with van der Waals surface area (Å²) in [5.74, 6) is -1.33. The highest BCUT2D eigenvalue weighted by Gasteiger charge is 2.24. The average molecular weight is 185 g/mol. The van der Waals surface area contributed by atoms with Crippen LogP contribution in [0.5, 0.6) is 0 Å². The zero-order valence-corrected chi connectivity index (χ0v) is 6.85. The molecule has 0 aliphatic heterocycles. The lowest BCUT2D eigenvalue weighted by Gasteiger charge is -1.96. The van der Waals surface area contributed by atoms with Crippen LogP contribution in [0, 0.1) is 10.1 Å². The topological polar surface area (TPSA) is 82.6 Å². The SMILES string of the molecule is CCOC(=O)c1ccoc1[N+](=O)[O-]. The average Bonchev–Trinajstić information content (AvgIpc) is 2.52. The lowest BCUT2D eigenvalue weighted by Crippen LogP contribution is -2.05. The number of hydrogen-bond donors (Lipinski definition) is 0. The van der Waals surface area contributed by atoms with E-state index < -0.39 is 16.8 Å². The standard InChI is InChI=1S/C7H7NO5/c1-2-12-7(9)5-3-4-13-6(5)8(10)11/h3-4H,2H2,1H3. The molecule has 0 saturated carbocycles. The Labute approximate surface area is 73.2 Å². The summed E-state index contributed by atoms with van der Waals surface area (Å²) in [5.41, 5.74) is -0.160. The summed E-state index contributed by atoms with van der Waals surface area (Å²) >= 11 is 0. The third kappa shape index (κ3) is 1.84. The van der Waals surface area contributed by atoms with Crippen LogP contribution in [0.2, 0.25) is 0 Å². The molecule has 6 nitrogen and oxygen atoms in total. The second kappa shape index (κ2) is 3.70. The van der Waals surface area contributed by atoms with Gasteiger partial charge in [0.1, 0.15) is 4.92 Å². The quantitative estimate of drug-likeness (QED) is 0.403. The first-order chi connectivity index (χ1) is 6.16. The fourth-order valence-corrected chi connectivity index (χ4v) is 0.807. The zero-order valence-electron chi connectivity index (χ0n) is 6.85. The molecule has 1 heterocycles. The summed E-state index contributed by atoms with van der Waals surface area (Å²) in [4.78, 5) is 20.6. The molecular formula is C7H7NO5. The number of nitro groups is 1. The van der Waals surface area contributed by atoms with E-state index in [0.717, 1.165) is 6.26 Å². The molecule has 0 saturated heterocycles. The van der Waals surface area contributed by atoms with E-state index in [9.17, 15) is 14.9 Å². The Morgan fingerprint density at radius 3 is 3.00 bits per heavy atom. The molecule has 0 spiro atoms. The second-order valence-electron chi connectivity index (χ2n) is 2.12. The molecule has 0 atom stereocenters. The van der Waals surface area contributed by atoms with E-state index in [1.807, 2.05) is 0 Å². The number of carbonyl (C=O) groups excluding carboxylic acids is 1. The van der Waals surface area contributed by atoms with Gasteiger partial charge < -0.3 is 9.15 Å². The Hall–Kier alpha value is -1.85. The van der Waals surface area contributed by atoms with Gasteiger partial charge in [-0.25, -0.2) is 4.79 Å². The summed E-state index contributed by atoms with van der Waals surface area (Å²) in [6, 6.07) is 1.20. The summed E-state index contributed by atoms with van der Waals surface area (Å²) in [5, 5.41) is 10.3. The fraction of sp³-hybridized carbons (Fsp3) is 0.286. The van der Waals surface area contributed by atoms with Gasteiger partial charge in [0.2, 0.25) is 0 Å². The number of rotatable bonds is 3. The minimum atomic E-state index is -0.772. The van der Waals surface area contributed by atoms with Crippen LogP contribution in [0.1, 0.15) is 17.3 Å². The largest absolute Gasteiger partial charge is 0.462 e. The van der Waals surface area contributed by atoms with Crippen molar-refractivity contribution in [1.29, 1.82) is 0 Å². The summed E-state index contributed by atoms with van der Waals surface area (Å²) < 4.78 is 9.07. The number of furan rings is 1. The van der Waals surface area contributed by atoms with Gasteiger partial charge in [-0.05, 0) is 13.0 Å². The third-order valence-corrected chi connectivity index (χ3v) is 1.31. The minimum absolute atomic E-state index is 0.160. The smallest absolute Gasteiger partial charge is 0.447 e. The molecule has 0 aromatic carbocycles. The first-order valence-electron chi connectivity index (χ1n) is 3.55. The lowest BCUT2D eigenvalue weighted by molar-refractivity contribution is -0.402. The van der Waals surface area contributed by atoms with Crippen molar-refractivity contribution in [3.63, 3.8) is 0 Å². The van der Waals surface area contributed by atoms with Crippen LogP contribution < -0.4 is 0 Å². The lowest BCUT2D eigenvalue weighted by atomic mass is 10.3. The van der Waals surface area contributed by atoms with E-state index in [2.05, 4.69) is 9.15 Å². The number of nitrogens with zero attached hydrogens (tertiary/aromatic N) is 1. The predicted octanol–water partition coefficient (Wildman–Crippen LogP) is 1.36. The third-order valence-electron chi connectivity index (χ3n) is 1.31. The summed E-state index contributed by atoms with van der Waals surface area (Å²) in [6.45, 7) is 1.78. The Morgan fingerprint density at radius 1 is 1.77 bits per heavy atom. The Bertz CT molecular complexity index is 329. The van der Waals surface area contributed by atoms with E-state index in [4.69, 9.17) is 0 Å². The number of ether oxygens (including phenoxy) is 1. The second-order valence-corrected chi connectivity index (χ2v) is 2.12. The van der Waals surface area contributed by atoms with Gasteiger partial charge in [0, 0.05) is 0 Å². The van der Waals surface area contributed by atoms with Crippen molar-refractivity contribution in [2.75, 3.05) is 6.61 Å². The Kier molecular flexibility index (Phi) is 2.63. The minimum Gasteiger partial charge on any atom is -0.462 e. The molecule has 1 aromatic heterocycles. The van der Waals surface area contributed by atoms with E-state index in [-0.39, 0.29) is 12.2 Å². The Balaban J connectivity index is 2.93. The maximum atomic E-state index is 11.0. The monoisotopic (exact) mass is 185 g/mol. The van der Waals surface area contributed by atoms with Gasteiger partial charge in [0.05, 0.1) is 12.9 Å². The highest BCUT2D eigenvalue weighted by atomic mass is 16.6. The molecule has 6 heteroatoms. The van der Waals surface area contributed by atoms with Crippen LogP contribution in [-0.4, -0.2) is 17.5 Å². The molecule has 0 amide bonds. The van der Waals surface area contributed by atoms with E-state index in [1.165, 1.54) is 6.07 Å². The molecule has 0 aliphatic carbocycles. The molecule has 0 N–H and O–H groups in total. The normalized spacial score (nSPS) is 9.62. The van der Waals surface area contributed by atoms with Crippen LogP contribution in [0.25, 0.3) is 0 Å². The first kappa shape index (κ1) is 9.24. The maximum Gasteiger partial charge on any atom is 0.447 e. The molecule has 0 unspecified atom stereocenters. The maximum absolute atomic E-state index is 11.0. The van der Waals surface area contributed by atoms with Crippen molar-refractivity contribution in [1.82, 2.24) is 0 Å². The van der Waals surface area contributed by atoms with E-state index in [1.54, 1.807) is 6.92 Å². The molecule has 0 aliphatic rings. The van der Waals surface area contributed by atoms with Gasteiger partial charge in [-0.1, -0.05) is 0 Å². The van der Waals surface area contributed by atoms with Gasteiger partial charge in [0.15, 0.2) is 5.56 Å².